The summed E-state index contributed by atoms with van der Waals surface area (Å²) in [6.45, 7) is 4.32. The van der Waals surface area contributed by atoms with Gasteiger partial charge in [0.15, 0.2) is 0 Å². The summed E-state index contributed by atoms with van der Waals surface area (Å²) in [6, 6.07) is 0. The summed E-state index contributed by atoms with van der Waals surface area (Å²) in [5.74, 6) is -0.0385. The van der Waals surface area contributed by atoms with Crippen LogP contribution < -0.4 is 5.73 Å². The topological polar surface area (TPSA) is 97.8 Å². The van der Waals surface area contributed by atoms with Gasteiger partial charge >= 0.3 is 5.82 Å². The van der Waals surface area contributed by atoms with Crippen LogP contribution in [0.25, 0.3) is 0 Å². The van der Waals surface area contributed by atoms with E-state index in [0.717, 1.165) is 0 Å². The zero-order chi connectivity index (χ0) is 10.8. The van der Waals surface area contributed by atoms with Crippen LogP contribution in [0.1, 0.15) is 25.8 Å². The molecule has 0 spiro atoms. The molecule has 0 aliphatic heterocycles. The smallest absolute Gasteiger partial charge is 0.346 e. The van der Waals surface area contributed by atoms with Gasteiger partial charge in [0, 0.05) is 5.41 Å². The molecule has 0 saturated carbocycles. The number of hydrogen-bond donors (Lipinski definition) is 2. The number of H-pyrrole nitrogens is 1. The lowest BCUT2D eigenvalue weighted by Gasteiger charge is -2.21. The van der Waals surface area contributed by atoms with Crippen molar-refractivity contribution in [2.24, 2.45) is 5.73 Å². The van der Waals surface area contributed by atoms with Gasteiger partial charge < -0.3 is 15.8 Å². The number of rotatable bonds is 4. The van der Waals surface area contributed by atoms with Gasteiger partial charge in [0.2, 0.25) is 0 Å². The Kier molecular flexibility index (Phi) is 2.85. The number of nitrogens with two attached hydrogens (primary N) is 1. The van der Waals surface area contributed by atoms with E-state index in [0.29, 0.717) is 18.5 Å². The standard InChI is InChI=1S/C8H14N4O2/c1-8(2,3-4-9)6-5-10-11-7(6)12(13)14/h5H,3-4,9H2,1-2H3,(H,10,11). The van der Waals surface area contributed by atoms with Crippen molar-refractivity contribution in [3.63, 3.8) is 0 Å². The lowest BCUT2D eigenvalue weighted by Crippen LogP contribution is -2.22. The van der Waals surface area contributed by atoms with Crippen LogP contribution in [0.4, 0.5) is 5.82 Å². The van der Waals surface area contributed by atoms with Gasteiger partial charge in [0.25, 0.3) is 0 Å². The maximum absolute atomic E-state index is 10.6. The largest absolute Gasteiger partial charge is 0.358 e. The third-order valence-corrected chi connectivity index (χ3v) is 2.30. The van der Waals surface area contributed by atoms with Crippen molar-refractivity contribution < 1.29 is 4.92 Å². The highest BCUT2D eigenvalue weighted by molar-refractivity contribution is 5.36. The van der Waals surface area contributed by atoms with Crippen LogP contribution in [-0.4, -0.2) is 21.7 Å². The van der Waals surface area contributed by atoms with Gasteiger partial charge in [-0.25, -0.2) is 0 Å². The Labute approximate surface area is 81.6 Å². The van der Waals surface area contributed by atoms with Crippen molar-refractivity contribution in [1.29, 1.82) is 0 Å². The minimum atomic E-state index is -0.458. The Hall–Kier alpha value is -1.43. The number of aromatic amines is 1. The van der Waals surface area contributed by atoms with E-state index in [1.165, 1.54) is 6.20 Å². The second-order valence-corrected chi connectivity index (χ2v) is 3.81. The van der Waals surface area contributed by atoms with E-state index in [-0.39, 0.29) is 11.2 Å². The van der Waals surface area contributed by atoms with Crippen molar-refractivity contribution in [2.75, 3.05) is 6.54 Å². The van der Waals surface area contributed by atoms with Gasteiger partial charge in [0.05, 0.1) is 11.8 Å². The molecule has 0 saturated heterocycles. The monoisotopic (exact) mass is 198 g/mol. The average molecular weight is 198 g/mol. The van der Waals surface area contributed by atoms with E-state index >= 15 is 0 Å². The molecule has 1 aromatic rings. The van der Waals surface area contributed by atoms with Crippen LogP contribution in [-0.2, 0) is 5.41 Å². The van der Waals surface area contributed by atoms with Gasteiger partial charge in [-0.3, -0.25) is 0 Å². The van der Waals surface area contributed by atoms with Crippen molar-refractivity contribution in [1.82, 2.24) is 10.2 Å². The van der Waals surface area contributed by atoms with Gasteiger partial charge in [0.1, 0.15) is 0 Å². The lowest BCUT2D eigenvalue weighted by atomic mass is 9.83. The fraction of sp³-hybridized carbons (Fsp3) is 0.625. The molecule has 0 atom stereocenters. The van der Waals surface area contributed by atoms with Crippen LogP contribution in [0.2, 0.25) is 0 Å². The van der Waals surface area contributed by atoms with E-state index in [4.69, 9.17) is 5.73 Å². The second kappa shape index (κ2) is 3.75. The zero-order valence-electron chi connectivity index (χ0n) is 8.28. The Bertz CT molecular complexity index is 332. The van der Waals surface area contributed by atoms with Crippen LogP contribution in [0, 0.1) is 10.1 Å². The fourth-order valence-corrected chi connectivity index (χ4v) is 1.41. The third kappa shape index (κ3) is 1.90. The molecule has 78 valence electrons. The van der Waals surface area contributed by atoms with Crippen molar-refractivity contribution in [2.45, 2.75) is 25.7 Å². The van der Waals surface area contributed by atoms with Crippen LogP contribution in [0.5, 0.6) is 0 Å². The lowest BCUT2D eigenvalue weighted by molar-refractivity contribution is -0.390. The van der Waals surface area contributed by atoms with E-state index in [2.05, 4.69) is 10.2 Å². The first-order valence-electron chi connectivity index (χ1n) is 4.37. The summed E-state index contributed by atoms with van der Waals surface area (Å²) >= 11 is 0. The van der Waals surface area contributed by atoms with Crippen LogP contribution in [0.3, 0.4) is 0 Å². The van der Waals surface area contributed by atoms with E-state index in [9.17, 15) is 10.1 Å². The molecule has 0 amide bonds. The Morgan fingerprint density at radius 1 is 1.71 bits per heavy atom. The zero-order valence-corrected chi connectivity index (χ0v) is 8.28. The number of hydrogen-bond acceptors (Lipinski definition) is 4. The quantitative estimate of drug-likeness (QED) is 0.555. The maximum Gasteiger partial charge on any atom is 0.346 e. The average Bonchev–Trinajstić information content (AvgIpc) is 2.51. The predicted octanol–water partition coefficient (Wildman–Crippen LogP) is 0.944. The highest BCUT2D eigenvalue weighted by Gasteiger charge is 2.29. The summed E-state index contributed by atoms with van der Waals surface area (Å²) in [4.78, 5) is 10.2. The van der Waals surface area contributed by atoms with Crippen molar-refractivity contribution in [3.8, 4) is 0 Å². The Morgan fingerprint density at radius 2 is 2.36 bits per heavy atom. The normalized spacial score (nSPS) is 11.6. The summed E-state index contributed by atoms with van der Waals surface area (Å²) in [7, 11) is 0. The van der Waals surface area contributed by atoms with Gasteiger partial charge in [-0.15, -0.1) is 5.10 Å². The van der Waals surface area contributed by atoms with E-state index < -0.39 is 4.92 Å². The molecule has 1 aromatic heterocycles. The number of nitrogens with one attached hydrogen (secondary N) is 1. The summed E-state index contributed by atoms with van der Waals surface area (Å²) in [5.41, 5.74) is 5.74. The molecule has 0 aliphatic rings. The van der Waals surface area contributed by atoms with E-state index in [1.807, 2.05) is 13.8 Å². The molecule has 0 bridgehead atoms. The van der Waals surface area contributed by atoms with Crippen molar-refractivity contribution >= 4 is 5.82 Å². The van der Waals surface area contributed by atoms with E-state index in [1.54, 1.807) is 0 Å². The second-order valence-electron chi connectivity index (χ2n) is 3.81. The number of nitrogens with zero attached hydrogens (tertiary/aromatic N) is 2. The van der Waals surface area contributed by atoms with Crippen LogP contribution >= 0.6 is 0 Å². The summed E-state index contributed by atoms with van der Waals surface area (Å²) in [5, 5.41) is 16.7. The molecule has 1 rings (SSSR count). The predicted molar refractivity (Wildman–Crippen MR) is 51.9 cm³/mol. The molecule has 0 radical (unpaired) electrons. The number of aromatic nitrogens is 2. The Balaban J connectivity index is 3.05. The molecular formula is C8H14N4O2. The highest BCUT2D eigenvalue weighted by atomic mass is 16.6. The van der Waals surface area contributed by atoms with Crippen molar-refractivity contribution in [3.05, 3.63) is 21.9 Å². The molecule has 6 heteroatoms. The molecule has 14 heavy (non-hydrogen) atoms. The first-order valence-corrected chi connectivity index (χ1v) is 4.37. The SMILES string of the molecule is CC(C)(CCN)c1cn[nH]c1[N+](=O)[O-]. The summed E-state index contributed by atoms with van der Waals surface area (Å²) in [6.07, 6.45) is 2.18. The minimum absolute atomic E-state index is 0.0385. The molecule has 0 aromatic carbocycles. The first kappa shape index (κ1) is 10.6. The van der Waals surface area contributed by atoms with Gasteiger partial charge in [-0.2, -0.15) is 0 Å². The third-order valence-electron chi connectivity index (χ3n) is 2.30. The molecule has 1 heterocycles. The molecule has 0 fully saturated rings. The molecule has 0 aliphatic carbocycles. The first-order chi connectivity index (χ1) is 6.49. The molecule has 3 N–H and O–H groups in total. The number of nitro groups is 1. The van der Waals surface area contributed by atoms with Gasteiger partial charge in [-0.05, 0) is 17.9 Å². The maximum atomic E-state index is 10.6. The minimum Gasteiger partial charge on any atom is -0.358 e. The fourth-order valence-electron chi connectivity index (χ4n) is 1.41. The molecule has 0 unspecified atom stereocenters. The molecular weight excluding hydrogens is 184 g/mol. The Morgan fingerprint density at radius 3 is 2.86 bits per heavy atom. The highest BCUT2D eigenvalue weighted by Crippen LogP contribution is 2.31. The van der Waals surface area contributed by atoms with Gasteiger partial charge in [-0.1, -0.05) is 18.9 Å². The van der Waals surface area contributed by atoms with Crippen LogP contribution in [0.15, 0.2) is 6.20 Å². The molecule has 6 nitrogen and oxygen atoms in total. The summed E-state index contributed by atoms with van der Waals surface area (Å²) < 4.78 is 0.